The third-order valence-corrected chi connectivity index (χ3v) is 3.52. The van der Waals surface area contributed by atoms with Crippen LogP contribution in [-0.4, -0.2) is 42.4 Å². The number of morpholine rings is 1. The standard InChI is InChI=1S/C15H22FNO2/c1-2-3-14-10-17(8-9-19-14)11-15(18)12-4-6-13(16)7-5-12/h4-7,14-15,18H,2-3,8-11H2,1H3. The predicted octanol–water partition coefficient (Wildman–Crippen LogP) is 2.36. The molecule has 0 bridgehead atoms. The molecule has 1 fully saturated rings. The number of aliphatic hydroxyl groups is 1. The highest BCUT2D eigenvalue weighted by atomic mass is 19.1. The normalized spacial score (nSPS) is 22.4. The van der Waals surface area contributed by atoms with Crippen LogP contribution in [0.15, 0.2) is 24.3 Å². The molecular formula is C15H22FNO2. The van der Waals surface area contributed by atoms with Crippen molar-refractivity contribution in [3.63, 3.8) is 0 Å². The highest BCUT2D eigenvalue weighted by Gasteiger charge is 2.22. The Bertz CT molecular complexity index is 380. The maximum absolute atomic E-state index is 12.8. The van der Waals surface area contributed by atoms with Crippen LogP contribution in [-0.2, 0) is 4.74 Å². The number of aliphatic hydroxyl groups excluding tert-OH is 1. The molecule has 0 spiro atoms. The number of hydrogen-bond donors (Lipinski definition) is 1. The van der Waals surface area contributed by atoms with Gasteiger partial charge in [-0.3, -0.25) is 4.90 Å². The number of rotatable bonds is 5. The largest absolute Gasteiger partial charge is 0.387 e. The van der Waals surface area contributed by atoms with E-state index in [-0.39, 0.29) is 11.9 Å². The summed E-state index contributed by atoms with van der Waals surface area (Å²) in [6, 6.07) is 6.06. The van der Waals surface area contributed by atoms with E-state index in [0.717, 1.165) is 38.1 Å². The van der Waals surface area contributed by atoms with Crippen LogP contribution in [0.25, 0.3) is 0 Å². The quantitative estimate of drug-likeness (QED) is 0.889. The van der Waals surface area contributed by atoms with Gasteiger partial charge in [0.2, 0.25) is 0 Å². The Labute approximate surface area is 114 Å². The molecule has 3 nitrogen and oxygen atoms in total. The van der Waals surface area contributed by atoms with Crippen LogP contribution in [0.5, 0.6) is 0 Å². The Morgan fingerprint density at radius 3 is 2.84 bits per heavy atom. The van der Waals surface area contributed by atoms with E-state index < -0.39 is 6.10 Å². The average Bonchev–Trinajstić information content (AvgIpc) is 2.40. The molecule has 1 aromatic rings. The maximum Gasteiger partial charge on any atom is 0.123 e. The third kappa shape index (κ3) is 4.27. The molecule has 1 heterocycles. The molecule has 0 aliphatic carbocycles. The van der Waals surface area contributed by atoms with Gasteiger partial charge in [0.1, 0.15) is 5.82 Å². The van der Waals surface area contributed by atoms with Crippen molar-refractivity contribution in [1.29, 1.82) is 0 Å². The Balaban J connectivity index is 1.87. The van der Waals surface area contributed by atoms with Crippen LogP contribution in [0.3, 0.4) is 0 Å². The smallest absolute Gasteiger partial charge is 0.123 e. The van der Waals surface area contributed by atoms with Gasteiger partial charge >= 0.3 is 0 Å². The molecule has 0 saturated carbocycles. The van der Waals surface area contributed by atoms with Crippen molar-refractivity contribution < 1.29 is 14.2 Å². The average molecular weight is 267 g/mol. The lowest BCUT2D eigenvalue weighted by molar-refractivity contribution is -0.0440. The number of hydrogen-bond acceptors (Lipinski definition) is 3. The van der Waals surface area contributed by atoms with E-state index >= 15 is 0 Å². The molecule has 2 unspecified atom stereocenters. The SMILES string of the molecule is CCCC1CN(CC(O)c2ccc(F)cc2)CCO1. The number of benzene rings is 1. The van der Waals surface area contributed by atoms with Gasteiger partial charge in [0.15, 0.2) is 0 Å². The summed E-state index contributed by atoms with van der Waals surface area (Å²) in [5, 5.41) is 10.2. The van der Waals surface area contributed by atoms with Gasteiger partial charge in [-0.25, -0.2) is 4.39 Å². The van der Waals surface area contributed by atoms with Crippen LogP contribution in [0.2, 0.25) is 0 Å². The van der Waals surface area contributed by atoms with Crippen LogP contribution in [0.1, 0.15) is 31.4 Å². The summed E-state index contributed by atoms with van der Waals surface area (Å²) in [6.07, 6.45) is 1.88. The van der Waals surface area contributed by atoms with Crippen molar-refractivity contribution in [3.8, 4) is 0 Å². The molecule has 1 aliphatic heterocycles. The molecule has 1 aromatic carbocycles. The van der Waals surface area contributed by atoms with Gasteiger partial charge in [0, 0.05) is 19.6 Å². The number of halogens is 1. The van der Waals surface area contributed by atoms with Crippen molar-refractivity contribution in [2.45, 2.75) is 32.0 Å². The summed E-state index contributed by atoms with van der Waals surface area (Å²) in [5.74, 6) is -0.273. The monoisotopic (exact) mass is 267 g/mol. The number of ether oxygens (including phenoxy) is 1. The highest BCUT2D eigenvalue weighted by molar-refractivity contribution is 5.18. The fraction of sp³-hybridized carbons (Fsp3) is 0.600. The highest BCUT2D eigenvalue weighted by Crippen LogP contribution is 2.17. The summed E-state index contributed by atoms with van der Waals surface area (Å²) < 4.78 is 18.5. The summed E-state index contributed by atoms with van der Waals surface area (Å²) in [4.78, 5) is 2.22. The molecule has 4 heteroatoms. The lowest BCUT2D eigenvalue weighted by Gasteiger charge is -2.34. The Morgan fingerprint density at radius 1 is 1.42 bits per heavy atom. The molecule has 1 aliphatic rings. The Morgan fingerprint density at radius 2 is 2.16 bits per heavy atom. The second kappa shape index (κ2) is 6.98. The van der Waals surface area contributed by atoms with Gasteiger partial charge in [-0.05, 0) is 24.1 Å². The second-order valence-electron chi connectivity index (χ2n) is 5.11. The Hall–Kier alpha value is -0.970. The number of β-amino-alcohol motifs (C(OH)–C–C–N with tert-alkyl or cyclic N) is 1. The van der Waals surface area contributed by atoms with Gasteiger partial charge in [-0.2, -0.15) is 0 Å². The molecule has 19 heavy (non-hydrogen) atoms. The van der Waals surface area contributed by atoms with Crippen molar-refractivity contribution >= 4 is 0 Å². The van der Waals surface area contributed by atoms with Crippen molar-refractivity contribution in [3.05, 3.63) is 35.6 Å². The minimum absolute atomic E-state index is 0.273. The summed E-state index contributed by atoms with van der Waals surface area (Å²) >= 11 is 0. The molecular weight excluding hydrogens is 245 g/mol. The topological polar surface area (TPSA) is 32.7 Å². The fourth-order valence-corrected chi connectivity index (χ4v) is 2.48. The van der Waals surface area contributed by atoms with Gasteiger partial charge in [-0.15, -0.1) is 0 Å². The zero-order chi connectivity index (χ0) is 13.7. The minimum Gasteiger partial charge on any atom is -0.387 e. The van der Waals surface area contributed by atoms with Gasteiger partial charge in [-0.1, -0.05) is 25.5 Å². The van der Waals surface area contributed by atoms with E-state index in [9.17, 15) is 9.50 Å². The molecule has 0 aromatic heterocycles. The van der Waals surface area contributed by atoms with Crippen molar-refractivity contribution in [1.82, 2.24) is 4.90 Å². The first kappa shape index (κ1) is 14.4. The first-order valence-electron chi connectivity index (χ1n) is 6.96. The van der Waals surface area contributed by atoms with Crippen LogP contribution >= 0.6 is 0 Å². The first-order chi connectivity index (χ1) is 9.19. The van der Waals surface area contributed by atoms with Gasteiger partial charge < -0.3 is 9.84 Å². The fourth-order valence-electron chi connectivity index (χ4n) is 2.48. The molecule has 2 rings (SSSR count). The second-order valence-corrected chi connectivity index (χ2v) is 5.11. The lowest BCUT2D eigenvalue weighted by atomic mass is 10.1. The molecule has 2 atom stereocenters. The summed E-state index contributed by atoms with van der Waals surface area (Å²) in [6.45, 7) is 5.16. The molecule has 106 valence electrons. The van der Waals surface area contributed by atoms with Crippen molar-refractivity contribution in [2.75, 3.05) is 26.2 Å². The van der Waals surface area contributed by atoms with E-state index in [1.54, 1.807) is 12.1 Å². The van der Waals surface area contributed by atoms with Crippen molar-refractivity contribution in [2.24, 2.45) is 0 Å². The molecule has 0 amide bonds. The Kier molecular flexibility index (Phi) is 5.31. The van der Waals surface area contributed by atoms with E-state index in [1.165, 1.54) is 12.1 Å². The number of nitrogens with zero attached hydrogens (tertiary/aromatic N) is 1. The summed E-state index contributed by atoms with van der Waals surface area (Å²) in [7, 11) is 0. The van der Waals surface area contributed by atoms with Crippen LogP contribution in [0.4, 0.5) is 4.39 Å². The van der Waals surface area contributed by atoms with E-state index in [1.807, 2.05) is 0 Å². The first-order valence-corrected chi connectivity index (χ1v) is 6.96. The lowest BCUT2D eigenvalue weighted by Crippen LogP contribution is -2.44. The zero-order valence-electron chi connectivity index (χ0n) is 11.4. The molecule has 0 radical (unpaired) electrons. The van der Waals surface area contributed by atoms with E-state index in [0.29, 0.717) is 6.54 Å². The maximum atomic E-state index is 12.8. The molecule has 1 N–H and O–H groups in total. The van der Waals surface area contributed by atoms with Gasteiger partial charge in [0.05, 0.1) is 18.8 Å². The van der Waals surface area contributed by atoms with E-state index in [2.05, 4.69) is 11.8 Å². The molecule has 1 saturated heterocycles. The zero-order valence-corrected chi connectivity index (χ0v) is 11.4. The van der Waals surface area contributed by atoms with E-state index in [4.69, 9.17) is 4.74 Å². The predicted molar refractivity (Wildman–Crippen MR) is 72.4 cm³/mol. The minimum atomic E-state index is -0.569. The van der Waals surface area contributed by atoms with Crippen LogP contribution in [0, 0.1) is 5.82 Å². The third-order valence-electron chi connectivity index (χ3n) is 3.52. The van der Waals surface area contributed by atoms with Crippen LogP contribution < -0.4 is 0 Å². The summed E-state index contributed by atoms with van der Waals surface area (Å²) in [5.41, 5.74) is 0.764. The van der Waals surface area contributed by atoms with Gasteiger partial charge in [0.25, 0.3) is 0 Å².